The summed E-state index contributed by atoms with van der Waals surface area (Å²) in [5, 5.41) is 0. The van der Waals surface area contributed by atoms with E-state index in [0.717, 1.165) is 11.8 Å². The Morgan fingerprint density at radius 1 is 1.33 bits per heavy atom. The first-order valence-electron chi connectivity index (χ1n) is 5.03. The predicted molar refractivity (Wildman–Crippen MR) is 51.8 cm³/mol. The zero-order valence-electron chi connectivity index (χ0n) is 8.71. The monoisotopic (exact) mass is 169 g/mol. The molecule has 71 valence electrons. The maximum Gasteiger partial charge on any atom is 0.0631 e. The number of methoxy groups -OCH3 is 1. The Morgan fingerprint density at radius 2 is 2.00 bits per heavy atom. The van der Waals surface area contributed by atoms with Gasteiger partial charge in [0.2, 0.25) is 0 Å². The second-order valence-corrected chi connectivity index (χ2v) is 4.36. The zero-order valence-corrected chi connectivity index (χ0v) is 8.71. The van der Waals surface area contributed by atoms with E-state index >= 15 is 0 Å². The molecule has 1 fully saturated rings. The molecule has 0 spiro atoms. The molecule has 1 heteroatoms. The van der Waals surface area contributed by atoms with Crippen molar-refractivity contribution in [3.63, 3.8) is 0 Å². The van der Waals surface area contributed by atoms with Crippen LogP contribution < -0.4 is 0 Å². The van der Waals surface area contributed by atoms with Crippen LogP contribution in [0.4, 0.5) is 0 Å². The lowest BCUT2D eigenvalue weighted by atomic mass is 9.76. The average molecular weight is 169 g/mol. The minimum Gasteiger partial charge on any atom is -0.381 e. The molecule has 3 atom stereocenters. The third kappa shape index (κ3) is 2.22. The number of rotatable bonds is 2. The van der Waals surface area contributed by atoms with Gasteiger partial charge in [0.15, 0.2) is 0 Å². The molecule has 12 heavy (non-hydrogen) atoms. The Labute approximate surface area is 76.5 Å². The molecule has 0 heterocycles. The summed E-state index contributed by atoms with van der Waals surface area (Å²) in [6, 6.07) is 0. The van der Waals surface area contributed by atoms with Crippen molar-refractivity contribution in [1.29, 1.82) is 0 Å². The van der Waals surface area contributed by atoms with Crippen LogP contribution >= 0.6 is 0 Å². The molecule has 0 N–H and O–H groups in total. The molecule has 1 saturated carbocycles. The Morgan fingerprint density at radius 3 is 2.50 bits per heavy atom. The zero-order chi connectivity index (χ0) is 9.14. The van der Waals surface area contributed by atoms with Gasteiger partial charge in [-0.25, -0.2) is 0 Å². The summed E-state index contributed by atoms with van der Waals surface area (Å²) in [4.78, 5) is 0. The molecule has 1 rings (SSSR count). The van der Waals surface area contributed by atoms with Gasteiger partial charge >= 0.3 is 0 Å². The Balaban J connectivity index is 2.44. The van der Waals surface area contributed by atoms with Gasteiger partial charge in [-0.15, -0.1) is 0 Å². The van der Waals surface area contributed by atoms with E-state index in [0.29, 0.717) is 12.0 Å². The number of hydrogen-bond acceptors (Lipinski definition) is 1. The van der Waals surface area contributed by atoms with E-state index in [-0.39, 0.29) is 0 Å². The molecule has 0 bridgehead atoms. The molecule has 3 unspecified atom stereocenters. The average Bonchev–Trinajstić information content (AvgIpc) is 2.05. The van der Waals surface area contributed by atoms with E-state index in [1.807, 2.05) is 7.11 Å². The van der Waals surface area contributed by atoms with Crippen LogP contribution in [0.25, 0.3) is 0 Å². The van der Waals surface area contributed by atoms with Gasteiger partial charge in [-0.05, 0) is 37.0 Å². The van der Waals surface area contributed by atoms with E-state index < -0.39 is 0 Å². The fourth-order valence-electron chi connectivity index (χ4n) is 2.02. The number of ether oxygens (including phenoxy) is 1. The highest BCUT2D eigenvalue weighted by molar-refractivity contribution is 4.93. The van der Waals surface area contributed by atoms with Crippen molar-refractivity contribution in [3.05, 3.63) is 6.42 Å². The molecular weight excluding hydrogens is 148 g/mol. The molecule has 1 aliphatic carbocycles. The lowest BCUT2D eigenvalue weighted by Gasteiger charge is -2.34. The Hall–Kier alpha value is -0.0400. The molecule has 0 aliphatic heterocycles. The topological polar surface area (TPSA) is 9.23 Å². The largest absolute Gasteiger partial charge is 0.381 e. The SMILES string of the molecule is COC1[CH]C(C(C)C)CCC1C. The van der Waals surface area contributed by atoms with E-state index in [4.69, 9.17) is 4.74 Å². The van der Waals surface area contributed by atoms with Crippen LogP contribution in [0.3, 0.4) is 0 Å². The molecular formula is C11H21O. The van der Waals surface area contributed by atoms with Crippen molar-refractivity contribution in [1.82, 2.24) is 0 Å². The van der Waals surface area contributed by atoms with Crippen LogP contribution in [0.2, 0.25) is 0 Å². The van der Waals surface area contributed by atoms with Gasteiger partial charge in [0.25, 0.3) is 0 Å². The maximum absolute atomic E-state index is 5.43. The molecule has 0 saturated heterocycles. The molecule has 0 aromatic heterocycles. The first-order valence-corrected chi connectivity index (χ1v) is 5.03. The van der Waals surface area contributed by atoms with Gasteiger partial charge in [0, 0.05) is 7.11 Å². The smallest absolute Gasteiger partial charge is 0.0631 e. The van der Waals surface area contributed by atoms with Gasteiger partial charge in [0.05, 0.1) is 6.10 Å². The summed E-state index contributed by atoms with van der Waals surface area (Å²) >= 11 is 0. The Kier molecular flexibility index (Phi) is 3.57. The highest BCUT2D eigenvalue weighted by atomic mass is 16.5. The van der Waals surface area contributed by atoms with Crippen LogP contribution in [-0.4, -0.2) is 13.2 Å². The highest BCUT2D eigenvalue weighted by Crippen LogP contribution is 2.33. The normalized spacial score (nSPS) is 37.2. The fourth-order valence-corrected chi connectivity index (χ4v) is 2.02. The van der Waals surface area contributed by atoms with Gasteiger partial charge in [-0.3, -0.25) is 0 Å². The van der Waals surface area contributed by atoms with Crippen molar-refractivity contribution >= 4 is 0 Å². The number of hydrogen-bond donors (Lipinski definition) is 0. The quantitative estimate of drug-likeness (QED) is 0.617. The summed E-state index contributed by atoms with van der Waals surface area (Å²) in [5.74, 6) is 2.26. The van der Waals surface area contributed by atoms with Crippen LogP contribution in [0, 0.1) is 24.2 Å². The summed E-state index contributed by atoms with van der Waals surface area (Å²) in [6.45, 7) is 6.87. The van der Waals surface area contributed by atoms with Crippen LogP contribution in [-0.2, 0) is 4.74 Å². The van der Waals surface area contributed by atoms with Gasteiger partial charge in [-0.2, -0.15) is 0 Å². The van der Waals surface area contributed by atoms with Crippen LogP contribution in [0.1, 0.15) is 33.6 Å². The van der Waals surface area contributed by atoms with Gasteiger partial charge < -0.3 is 4.74 Å². The summed E-state index contributed by atoms with van der Waals surface area (Å²) in [5.41, 5.74) is 0. The van der Waals surface area contributed by atoms with Gasteiger partial charge in [-0.1, -0.05) is 20.8 Å². The molecule has 1 nitrogen and oxygen atoms in total. The third-order valence-corrected chi connectivity index (χ3v) is 3.08. The Bertz CT molecular complexity index is 131. The van der Waals surface area contributed by atoms with E-state index in [1.54, 1.807) is 0 Å². The lowest BCUT2D eigenvalue weighted by Crippen LogP contribution is -2.32. The summed E-state index contributed by atoms with van der Waals surface area (Å²) < 4.78 is 5.43. The van der Waals surface area contributed by atoms with E-state index in [9.17, 15) is 0 Å². The second-order valence-electron chi connectivity index (χ2n) is 4.36. The summed E-state index contributed by atoms with van der Waals surface area (Å²) in [7, 11) is 1.82. The maximum atomic E-state index is 5.43. The van der Waals surface area contributed by atoms with Crippen molar-refractivity contribution in [2.45, 2.75) is 39.7 Å². The van der Waals surface area contributed by atoms with Crippen molar-refractivity contribution in [2.75, 3.05) is 7.11 Å². The molecule has 1 aliphatic rings. The van der Waals surface area contributed by atoms with Crippen LogP contribution in [0.15, 0.2) is 0 Å². The molecule has 0 aromatic carbocycles. The van der Waals surface area contributed by atoms with E-state index in [2.05, 4.69) is 27.2 Å². The lowest BCUT2D eigenvalue weighted by molar-refractivity contribution is 0.0457. The minimum atomic E-state index is 0.395. The first kappa shape index (κ1) is 10.0. The minimum absolute atomic E-state index is 0.395. The molecule has 0 aromatic rings. The molecule has 1 radical (unpaired) electrons. The second kappa shape index (κ2) is 4.27. The van der Waals surface area contributed by atoms with Crippen molar-refractivity contribution < 1.29 is 4.74 Å². The predicted octanol–water partition coefficient (Wildman–Crippen LogP) is 2.91. The van der Waals surface area contributed by atoms with Gasteiger partial charge in [0.1, 0.15) is 0 Å². The highest BCUT2D eigenvalue weighted by Gasteiger charge is 2.29. The molecule has 0 amide bonds. The summed E-state index contributed by atoms with van der Waals surface area (Å²) in [6.07, 6.45) is 5.46. The van der Waals surface area contributed by atoms with Crippen molar-refractivity contribution in [3.8, 4) is 0 Å². The van der Waals surface area contributed by atoms with E-state index in [1.165, 1.54) is 12.8 Å². The standard InChI is InChI=1S/C11H21O/c1-8(2)10-6-5-9(3)11(7-10)12-4/h7-11H,5-6H2,1-4H3. The van der Waals surface area contributed by atoms with Crippen molar-refractivity contribution in [2.24, 2.45) is 17.8 Å². The third-order valence-electron chi connectivity index (χ3n) is 3.08. The fraction of sp³-hybridized carbons (Fsp3) is 0.909. The van der Waals surface area contributed by atoms with Crippen LogP contribution in [0.5, 0.6) is 0 Å². The first-order chi connectivity index (χ1) is 5.65.